The lowest BCUT2D eigenvalue weighted by atomic mass is 9.95. The monoisotopic (exact) mass is 203 g/mol. The Hall–Kier alpha value is -1.15. The molecule has 0 aromatic heterocycles. The molecule has 1 fully saturated rings. The number of carbonyl (C=O) groups excluding carboxylic acids is 1. The summed E-state index contributed by atoms with van der Waals surface area (Å²) < 4.78 is 0. The van der Waals surface area contributed by atoms with Crippen LogP contribution in [0.4, 0.5) is 0 Å². The first-order valence-corrected chi connectivity index (χ1v) is 5.59. The molecule has 0 amide bonds. The van der Waals surface area contributed by atoms with Crippen molar-refractivity contribution in [3.63, 3.8) is 0 Å². The van der Waals surface area contributed by atoms with Crippen molar-refractivity contribution in [1.82, 2.24) is 5.32 Å². The second-order valence-corrected chi connectivity index (χ2v) is 4.21. The first-order chi connectivity index (χ1) is 7.27. The number of piperidine rings is 1. The van der Waals surface area contributed by atoms with Crippen molar-refractivity contribution in [1.29, 1.82) is 0 Å². The normalized spacial score (nSPS) is 17.7. The lowest BCUT2D eigenvalue weighted by Crippen LogP contribution is -2.30. The molecule has 3 rings (SSSR count). The molecule has 0 radical (unpaired) electrons. The average Bonchev–Trinajstić information content (AvgIpc) is 2.25. The Morgan fingerprint density at radius 3 is 1.80 bits per heavy atom. The maximum atomic E-state index is 10.8. The second kappa shape index (κ2) is 4.58. The fourth-order valence-corrected chi connectivity index (χ4v) is 1.89. The Bertz CT molecular complexity index is 315. The lowest BCUT2D eigenvalue weighted by Gasteiger charge is -2.19. The van der Waals surface area contributed by atoms with Gasteiger partial charge < -0.3 is 5.32 Å². The Labute approximate surface area is 90.7 Å². The van der Waals surface area contributed by atoms with E-state index in [9.17, 15) is 4.79 Å². The van der Waals surface area contributed by atoms with Crippen LogP contribution in [-0.4, -0.2) is 18.9 Å². The van der Waals surface area contributed by atoms with Gasteiger partial charge in [0.1, 0.15) is 5.78 Å². The van der Waals surface area contributed by atoms with Crippen molar-refractivity contribution in [3.05, 3.63) is 24.3 Å². The lowest BCUT2D eigenvalue weighted by molar-refractivity contribution is -0.121. The van der Waals surface area contributed by atoms with Crippen molar-refractivity contribution < 1.29 is 4.79 Å². The summed E-state index contributed by atoms with van der Waals surface area (Å²) in [5.41, 5.74) is 2.85. The number of benzene rings is 1. The third-order valence-electron chi connectivity index (χ3n) is 3.13. The molecule has 0 saturated carbocycles. The Morgan fingerprint density at radius 1 is 1.13 bits per heavy atom. The molecule has 2 nitrogen and oxygen atoms in total. The third kappa shape index (κ3) is 2.45. The number of hydrogen-bond donors (Lipinski definition) is 1. The van der Waals surface area contributed by atoms with E-state index in [1.54, 1.807) is 6.92 Å². The average molecular weight is 203 g/mol. The predicted molar refractivity (Wildman–Crippen MR) is 61.7 cm³/mol. The minimum absolute atomic E-state index is 0.353. The van der Waals surface area contributed by atoms with Gasteiger partial charge in [-0.2, -0.15) is 0 Å². The van der Waals surface area contributed by atoms with Crippen LogP contribution in [0.3, 0.4) is 0 Å². The zero-order valence-corrected chi connectivity index (χ0v) is 9.12. The van der Waals surface area contributed by atoms with Gasteiger partial charge in [0.05, 0.1) is 0 Å². The maximum absolute atomic E-state index is 10.8. The van der Waals surface area contributed by atoms with Gasteiger partial charge in [-0.05, 0) is 44.0 Å². The maximum Gasteiger partial charge on any atom is 0.133 e. The fraction of sp³-hybridized carbons (Fsp3) is 0.462. The molecular weight excluding hydrogens is 186 g/mol. The van der Waals surface area contributed by atoms with Gasteiger partial charge in [0.15, 0.2) is 0 Å². The molecule has 0 spiro atoms. The first kappa shape index (κ1) is 10.4. The van der Waals surface area contributed by atoms with E-state index in [1.807, 2.05) is 0 Å². The molecule has 2 aliphatic carbocycles. The van der Waals surface area contributed by atoms with E-state index in [0.717, 1.165) is 25.9 Å². The van der Waals surface area contributed by atoms with E-state index >= 15 is 0 Å². The highest BCUT2D eigenvalue weighted by atomic mass is 16.1. The number of carbonyl (C=O) groups is 1. The smallest absolute Gasteiger partial charge is 0.133 e. The molecule has 1 heterocycles. The standard InChI is InChI=1S/C7H13NO.C6H4/c1-6(9)7-2-4-8-5-3-7;1-2-6-4-3-5(1)6/h7-8H,2-5H2,1H3;1-4H. The van der Waals surface area contributed by atoms with Crippen LogP contribution >= 0.6 is 0 Å². The molecule has 15 heavy (non-hydrogen) atoms. The quantitative estimate of drug-likeness (QED) is 0.770. The van der Waals surface area contributed by atoms with Crippen LogP contribution in [0.5, 0.6) is 0 Å². The topological polar surface area (TPSA) is 29.1 Å². The molecule has 1 N–H and O–H groups in total. The first-order valence-electron chi connectivity index (χ1n) is 5.59. The molecule has 2 heteroatoms. The van der Waals surface area contributed by atoms with Crippen molar-refractivity contribution in [2.24, 2.45) is 5.92 Å². The van der Waals surface area contributed by atoms with Crippen molar-refractivity contribution >= 4 is 5.78 Å². The molecule has 0 bridgehead atoms. The summed E-state index contributed by atoms with van der Waals surface area (Å²) in [4.78, 5) is 10.8. The molecule has 0 aromatic carbocycles. The van der Waals surface area contributed by atoms with E-state index in [1.165, 1.54) is 11.1 Å². The van der Waals surface area contributed by atoms with Gasteiger partial charge in [-0.1, -0.05) is 24.3 Å². The van der Waals surface area contributed by atoms with E-state index in [-0.39, 0.29) is 0 Å². The summed E-state index contributed by atoms with van der Waals surface area (Å²) in [5.74, 6) is 0.711. The van der Waals surface area contributed by atoms with Crippen LogP contribution in [0.1, 0.15) is 19.8 Å². The summed E-state index contributed by atoms with van der Waals surface area (Å²) >= 11 is 0. The fourth-order valence-electron chi connectivity index (χ4n) is 1.89. The van der Waals surface area contributed by atoms with Gasteiger partial charge in [-0.25, -0.2) is 0 Å². The number of nitrogens with one attached hydrogen (secondary N) is 1. The molecular formula is C13H17NO. The summed E-state index contributed by atoms with van der Waals surface area (Å²) in [7, 11) is 0. The van der Waals surface area contributed by atoms with Crippen LogP contribution in [-0.2, 0) is 4.79 Å². The summed E-state index contributed by atoms with van der Waals surface area (Å²) in [6, 6.07) is 8.48. The highest BCUT2D eigenvalue weighted by Gasteiger charge is 2.16. The van der Waals surface area contributed by atoms with Gasteiger partial charge in [-0.3, -0.25) is 4.79 Å². The number of fused-ring (bicyclic) bond motifs is 1. The molecule has 3 aliphatic rings. The van der Waals surface area contributed by atoms with Gasteiger partial charge in [0.25, 0.3) is 0 Å². The van der Waals surface area contributed by atoms with Crippen LogP contribution in [0, 0.1) is 5.92 Å². The Balaban J connectivity index is 0.000000121. The van der Waals surface area contributed by atoms with Gasteiger partial charge in [-0.15, -0.1) is 0 Å². The number of rotatable bonds is 1. The van der Waals surface area contributed by atoms with E-state index in [4.69, 9.17) is 0 Å². The number of ketones is 1. The zero-order valence-electron chi connectivity index (χ0n) is 9.12. The molecule has 0 atom stereocenters. The van der Waals surface area contributed by atoms with E-state index < -0.39 is 0 Å². The minimum Gasteiger partial charge on any atom is -0.317 e. The summed E-state index contributed by atoms with van der Waals surface area (Å²) in [6.45, 7) is 3.73. The second-order valence-electron chi connectivity index (χ2n) is 4.21. The van der Waals surface area contributed by atoms with Crippen molar-refractivity contribution in [3.8, 4) is 11.1 Å². The highest BCUT2D eigenvalue weighted by molar-refractivity contribution is 5.78. The third-order valence-corrected chi connectivity index (χ3v) is 3.13. The van der Waals surface area contributed by atoms with E-state index in [2.05, 4.69) is 29.6 Å². The predicted octanol–water partition coefficient (Wildman–Crippen LogP) is 2.24. The molecule has 1 saturated heterocycles. The SMILES string of the molecule is CC(=O)C1CCNCC1.c1cc2ccc1-2. The summed E-state index contributed by atoms with van der Waals surface area (Å²) in [6.07, 6.45) is 2.07. The molecule has 80 valence electrons. The van der Waals surface area contributed by atoms with Crippen LogP contribution < -0.4 is 5.32 Å². The number of Topliss-reactive ketones (excluding diaryl/α,β-unsaturated/α-hetero) is 1. The van der Waals surface area contributed by atoms with Crippen LogP contribution in [0.25, 0.3) is 11.1 Å². The van der Waals surface area contributed by atoms with Gasteiger partial charge in [0, 0.05) is 5.92 Å². The van der Waals surface area contributed by atoms with Crippen LogP contribution in [0.2, 0.25) is 0 Å². The Kier molecular flexibility index (Phi) is 3.17. The largest absolute Gasteiger partial charge is 0.317 e. The zero-order chi connectivity index (χ0) is 10.7. The van der Waals surface area contributed by atoms with E-state index in [0.29, 0.717) is 11.7 Å². The molecule has 0 unspecified atom stereocenters. The van der Waals surface area contributed by atoms with Crippen LogP contribution in [0.15, 0.2) is 24.3 Å². The number of hydrogen-bond acceptors (Lipinski definition) is 2. The summed E-state index contributed by atoms with van der Waals surface area (Å²) in [5, 5.41) is 3.22. The minimum atomic E-state index is 0.353. The Morgan fingerprint density at radius 2 is 1.60 bits per heavy atom. The van der Waals surface area contributed by atoms with Gasteiger partial charge in [0.2, 0.25) is 0 Å². The molecule has 1 aliphatic heterocycles. The highest BCUT2D eigenvalue weighted by Crippen LogP contribution is 2.29. The van der Waals surface area contributed by atoms with Crippen molar-refractivity contribution in [2.45, 2.75) is 19.8 Å². The van der Waals surface area contributed by atoms with Gasteiger partial charge >= 0.3 is 0 Å². The van der Waals surface area contributed by atoms with Crippen molar-refractivity contribution in [2.75, 3.05) is 13.1 Å². The molecule has 0 aromatic rings.